The Balaban J connectivity index is 2.68. The van der Waals surface area contributed by atoms with Gasteiger partial charge in [-0.3, -0.25) is 14.8 Å². The van der Waals surface area contributed by atoms with Gasteiger partial charge in [0.25, 0.3) is 5.91 Å². The largest absolute Gasteiger partial charge is 0.354 e. The third-order valence-corrected chi connectivity index (χ3v) is 3.29. The molecule has 17 heavy (non-hydrogen) atoms. The summed E-state index contributed by atoms with van der Waals surface area (Å²) in [5.41, 5.74) is 2.41. The fourth-order valence-electron chi connectivity index (χ4n) is 1.66. The molecule has 0 bridgehead atoms. The summed E-state index contributed by atoms with van der Waals surface area (Å²) in [6.45, 7) is 1.97. The van der Waals surface area contributed by atoms with Crippen LogP contribution in [0.5, 0.6) is 0 Å². The van der Waals surface area contributed by atoms with E-state index in [-0.39, 0.29) is 5.91 Å². The highest BCUT2D eigenvalue weighted by atomic mass is 32.1. The number of nitrogens with one attached hydrogen (secondary N) is 2. The van der Waals surface area contributed by atoms with Gasteiger partial charge in [-0.1, -0.05) is 18.2 Å². The molecular formula is C12H13N3OS. The highest BCUT2D eigenvalue weighted by Crippen LogP contribution is 2.15. The molecule has 0 fully saturated rings. The van der Waals surface area contributed by atoms with Crippen LogP contribution < -0.4 is 10.1 Å². The Bertz CT molecular complexity index is 612. The Morgan fingerprint density at radius 1 is 1.41 bits per heavy atom. The maximum atomic E-state index is 11.7. The molecule has 0 spiro atoms. The quantitative estimate of drug-likeness (QED) is 0.833. The highest BCUT2D eigenvalue weighted by molar-refractivity contribution is 7.07. The number of carbonyl (C=O) groups is 1. The van der Waals surface area contributed by atoms with Crippen molar-refractivity contribution in [1.82, 2.24) is 9.88 Å². The lowest BCUT2D eigenvalue weighted by Gasteiger charge is -2.10. The van der Waals surface area contributed by atoms with E-state index < -0.39 is 0 Å². The lowest BCUT2D eigenvalue weighted by molar-refractivity contribution is 0.0956. The maximum Gasteiger partial charge on any atom is 0.268 e. The molecular weight excluding hydrogens is 234 g/mol. The zero-order valence-corrected chi connectivity index (χ0v) is 10.5. The van der Waals surface area contributed by atoms with Crippen LogP contribution in [0.3, 0.4) is 0 Å². The molecule has 5 heteroatoms. The molecule has 0 aliphatic heterocycles. The number of hydrogen-bond acceptors (Lipinski definition) is 3. The summed E-state index contributed by atoms with van der Waals surface area (Å²) in [7, 11) is 1.59. The third-order valence-electron chi connectivity index (χ3n) is 2.54. The van der Waals surface area contributed by atoms with Gasteiger partial charge in [0, 0.05) is 12.4 Å². The van der Waals surface area contributed by atoms with Gasteiger partial charge in [-0.15, -0.1) is 11.3 Å². The Kier molecular flexibility index (Phi) is 3.10. The molecule has 0 aliphatic rings. The Hall–Kier alpha value is -1.88. The van der Waals surface area contributed by atoms with E-state index in [9.17, 15) is 4.79 Å². The Morgan fingerprint density at radius 2 is 2.12 bits per heavy atom. The lowest BCUT2D eigenvalue weighted by Crippen LogP contribution is -2.25. The topological polar surface area (TPSA) is 57.9 Å². The number of aromatic nitrogens is 1. The van der Waals surface area contributed by atoms with E-state index in [1.165, 1.54) is 11.3 Å². The van der Waals surface area contributed by atoms with Gasteiger partial charge in [0.15, 0.2) is 4.80 Å². The number of aryl methyl sites for hydroxylation is 1. The number of nitrogens with zero attached hydrogens (tertiary/aromatic N) is 1. The number of rotatable bonds is 2. The van der Waals surface area contributed by atoms with Crippen LogP contribution in [-0.2, 0) is 0 Å². The first kappa shape index (κ1) is 11.6. The molecule has 2 N–H and O–H groups in total. The van der Waals surface area contributed by atoms with Crippen molar-refractivity contribution in [2.24, 2.45) is 0 Å². The summed E-state index contributed by atoms with van der Waals surface area (Å²) < 4.78 is 1.67. The van der Waals surface area contributed by atoms with Crippen LogP contribution in [0, 0.1) is 12.3 Å². The molecule has 0 aliphatic carbocycles. The first-order valence-electron chi connectivity index (χ1n) is 5.18. The lowest BCUT2D eigenvalue weighted by atomic mass is 10.2. The number of benzene rings is 1. The number of hydrogen-bond donors (Lipinski definition) is 2. The molecule has 2 rings (SSSR count). The van der Waals surface area contributed by atoms with Crippen LogP contribution in [0.1, 0.15) is 16.1 Å². The fourth-order valence-corrected chi connectivity index (χ4v) is 2.40. The molecule has 1 aromatic carbocycles. The highest BCUT2D eigenvalue weighted by Gasteiger charge is 2.14. The smallest absolute Gasteiger partial charge is 0.268 e. The van der Waals surface area contributed by atoms with Crippen LogP contribution in [0.25, 0.3) is 5.69 Å². The molecule has 1 heterocycles. The molecule has 2 aromatic rings. The van der Waals surface area contributed by atoms with Crippen molar-refractivity contribution in [3.8, 4) is 5.69 Å². The molecule has 0 atom stereocenters. The van der Waals surface area contributed by atoms with Gasteiger partial charge >= 0.3 is 0 Å². The molecule has 1 aromatic heterocycles. The van der Waals surface area contributed by atoms with Gasteiger partial charge in [-0.2, -0.15) is 0 Å². The van der Waals surface area contributed by atoms with Crippen LogP contribution in [0.2, 0.25) is 0 Å². The van der Waals surface area contributed by atoms with Gasteiger partial charge < -0.3 is 5.32 Å². The van der Waals surface area contributed by atoms with Gasteiger partial charge in [0.05, 0.1) is 5.69 Å². The van der Waals surface area contributed by atoms with Gasteiger partial charge in [0.1, 0.15) is 5.69 Å². The average Bonchev–Trinajstić information content (AvgIpc) is 2.71. The van der Waals surface area contributed by atoms with E-state index in [2.05, 4.69) is 5.32 Å². The number of thiazole rings is 1. The standard InChI is InChI=1S/C12H13N3OS/c1-8-5-3-4-6-9(8)15-10(11(16)14-2)7-17-12(15)13/h3-7,13H,1-2H3,(H,14,16). The summed E-state index contributed by atoms with van der Waals surface area (Å²) >= 11 is 1.25. The molecule has 1 amide bonds. The molecule has 88 valence electrons. The van der Waals surface area contributed by atoms with Gasteiger partial charge in [-0.25, -0.2) is 0 Å². The van der Waals surface area contributed by atoms with Crippen molar-refractivity contribution >= 4 is 17.2 Å². The van der Waals surface area contributed by atoms with Crippen molar-refractivity contribution in [3.63, 3.8) is 0 Å². The van der Waals surface area contributed by atoms with Crippen molar-refractivity contribution in [2.75, 3.05) is 7.05 Å². The Morgan fingerprint density at radius 3 is 2.76 bits per heavy atom. The zero-order valence-electron chi connectivity index (χ0n) is 9.65. The number of amides is 1. The first-order chi connectivity index (χ1) is 8.15. The van der Waals surface area contributed by atoms with Crippen LogP contribution >= 0.6 is 11.3 Å². The SMILES string of the molecule is CNC(=O)c1csc(=N)n1-c1ccccc1C. The Labute approximate surface area is 103 Å². The second-order valence-electron chi connectivity index (χ2n) is 3.63. The zero-order chi connectivity index (χ0) is 12.4. The summed E-state index contributed by atoms with van der Waals surface area (Å²) in [6, 6.07) is 7.72. The van der Waals surface area contributed by atoms with Crippen molar-refractivity contribution < 1.29 is 4.79 Å². The molecule has 0 saturated heterocycles. The molecule has 0 unspecified atom stereocenters. The summed E-state index contributed by atoms with van der Waals surface area (Å²) in [5, 5.41) is 12.2. The maximum absolute atomic E-state index is 11.7. The average molecular weight is 247 g/mol. The van der Waals surface area contributed by atoms with Crippen molar-refractivity contribution in [3.05, 3.63) is 45.7 Å². The van der Waals surface area contributed by atoms with Crippen molar-refractivity contribution in [2.45, 2.75) is 6.92 Å². The van der Waals surface area contributed by atoms with Crippen LogP contribution in [-0.4, -0.2) is 17.5 Å². The van der Waals surface area contributed by atoms with Gasteiger partial charge in [-0.05, 0) is 18.6 Å². The van der Waals surface area contributed by atoms with E-state index in [1.54, 1.807) is 17.0 Å². The molecule has 0 radical (unpaired) electrons. The minimum absolute atomic E-state index is 0.178. The second kappa shape index (κ2) is 4.55. The van der Waals surface area contributed by atoms with E-state index in [0.717, 1.165) is 11.3 Å². The summed E-state index contributed by atoms with van der Waals surface area (Å²) in [6.07, 6.45) is 0. The first-order valence-corrected chi connectivity index (χ1v) is 6.06. The third kappa shape index (κ3) is 2.01. The number of para-hydroxylation sites is 1. The fraction of sp³-hybridized carbons (Fsp3) is 0.167. The van der Waals surface area contributed by atoms with E-state index in [4.69, 9.17) is 5.41 Å². The summed E-state index contributed by atoms with van der Waals surface area (Å²) in [5.74, 6) is -0.178. The van der Waals surface area contributed by atoms with E-state index in [1.807, 2.05) is 31.2 Å². The number of carbonyl (C=O) groups excluding carboxylic acids is 1. The summed E-state index contributed by atoms with van der Waals surface area (Å²) in [4.78, 5) is 12.1. The minimum Gasteiger partial charge on any atom is -0.354 e. The van der Waals surface area contributed by atoms with Crippen LogP contribution in [0.15, 0.2) is 29.6 Å². The predicted octanol–water partition coefficient (Wildman–Crippen LogP) is 1.69. The monoisotopic (exact) mass is 247 g/mol. The normalized spacial score (nSPS) is 10.2. The van der Waals surface area contributed by atoms with E-state index >= 15 is 0 Å². The molecule has 4 nitrogen and oxygen atoms in total. The second-order valence-corrected chi connectivity index (χ2v) is 4.49. The minimum atomic E-state index is -0.178. The predicted molar refractivity (Wildman–Crippen MR) is 67.6 cm³/mol. The van der Waals surface area contributed by atoms with Crippen LogP contribution in [0.4, 0.5) is 0 Å². The van der Waals surface area contributed by atoms with E-state index in [0.29, 0.717) is 10.5 Å². The van der Waals surface area contributed by atoms with Gasteiger partial charge in [0.2, 0.25) is 0 Å². The van der Waals surface area contributed by atoms with Crippen molar-refractivity contribution in [1.29, 1.82) is 5.41 Å². The molecule has 0 saturated carbocycles.